The minimum Gasteiger partial charge on any atom is -0.340 e. The van der Waals surface area contributed by atoms with E-state index in [1.807, 2.05) is 42.2 Å². The van der Waals surface area contributed by atoms with E-state index >= 15 is 0 Å². The molecule has 2 heterocycles. The molecular weight excluding hydrogens is 402 g/mol. The van der Waals surface area contributed by atoms with Crippen molar-refractivity contribution in [2.75, 3.05) is 32.7 Å². The molecule has 2 aliphatic heterocycles. The Hall–Kier alpha value is -2.70. The highest BCUT2D eigenvalue weighted by Gasteiger charge is 2.35. The number of carbonyl (C=O) groups is 3. The van der Waals surface area contributed by atoms with Crippen LogP contribution in [0.3, 0.4) is 0 Å². The number of rotatable bonds is 5. The molecule has 0 aromatic heterocycles. The first-order chi connectivity index (χ1) is 14.4. The second-order valence-corrected chi connectivity index (χ2v) is 8.28. The summed E-state index contributed by atoms with van der Waals surface area (Å²) in [5.41, 5.74) is 2.95. The maximum absolute atomic E-state index is 12.6. The molecule has 1 saturated heterocycles. The van der Waals surface area contributed by atoms with Crippen LogP contribution in [-0.4, -0.2) is 65.1 Å². The summed E-state index contributed by atoms with van der Waals surface area (Å²) in [5.74, 6) is -0.642. The molecule has 156 valence electrons. The number of fused-ring (bicyclic) bond motifs is 1. The van der Waals surface area contributed by atoms with Gasteiger partial charge in [-0.15, -0.1) is 0 Å². The van der Waals surface area contributed by atoms with Crippen molar-refractivity contribution in [3.8, 4) is 0 Å². The third-order valence-corrected chi connectivity index (χ3v) is 5.93. The molecule has 0 bridgehead atoms. The predicted octanol–water partition coefficient (Wildman–Crippen LogP) is 2.98. The topological polar surface area (TPSA) is 60.9 Å². The Morgan fingerprint density at radius 2 is 1.70 bits per heavy atom. The number of piperazine rings is 1. The van der Waals surface area contributed by atoms with Gasteiger partial charge in [0.25, 0.3) is 11.8 Å². The number of carbonyl (C=O) groups excluding carboxylic acids is 3. The molecule has 2 aromatic rings. The van der Waals surface area contributed by atoms with Crippen LogP contribution in [-0.2, 0) is 11.3 Å². The van der Waals surface area contributed by atoms with Crippen LogP contribution >= 0.6 is 11.6 Å². The van der Waals surface area contributed by atoms with E-state index in [2.05, 4.69) is 4.90 Å². The number of amides is 3. The van der Waals surface area contributed by atoms with Gasteiger partial charge in [-0.05, 0) is 36.8 Å². The molecule has 1 fully saturated rings. The van der Waals surface area contributed by atoms with Gasteiger partial charge in [-0.2, -0.15) is 0 Å². The van der Waals surface area contributed by atoms with Crippen molar-refractivity contribution in [3.63, 3.8) is 0 Å². The Morgan fingerprint density at radius 1 is 0.967 bits per heavy atom. The lowest BCUT2D eigenvalue weighted by Crippen LogP contribution is -2.49. The van der Waals surface area contributed by atoms with Crippen LogP contribution in [0.25, 0.3) is 0 Å². The van der Waals surface area contributed by atoms with Gasteiger partial charge in [-0.3, -0.25) is 24.2 Å². The normalized spacial score (nSPS) is 16.9. The molecule has 4 rings (SSSR count). The monoisotopic (exact) mass is 425 g/mol. The van der Waals surface area contributed by atoms with Crippen LogP contribution in [0.5, 0.6) is 0 Å². The fourth-order valence-corrected chi connectivity index (χ4v) is 4.23. The van der Waals surface area contributed by atoms with E-state index in [1.165, 1.54) is 4.90 Å². The molecule has 0 saturated carbocycles. The maximum Gasteiger partial charge on any atom is 0.261 e. The van der Waals surface area contributed by atoms with Crippen LogP contribution in [0.4, 0.5) is 0 Å². The number of aryl methyl sites for hydroxylation is 1. The van der Waals surface area contributed by atoms with E-state index in [9.17, 15) is 14.4 Å². The summed E-state index contributed by atoms with van der Waals surface area (Å²) in [6, 6.07) is 13.1. The smallest absolute Gasteiger partial charge is 0.261 e. The maximum atomic E-state index is 12.6. The SMILES string of the molecule is Cc1ccc2c(c1)C(=O)N(CCC(=O)N1CCN(Cc3cccc(Cl)c3)CC1)C2=O. The summed E-state index contributed by atoms with van der Waals surface area (Å²) in [7, 11) is 0. The minimum absolute atomic E-state index is 0.0230. The predicted molar refractivity (Wildman–Crippen MR) is 114 cm³/mol. The van der Waals surface area contributed by atoms with Crippen molar-refractivity contribution in [3.05, 3.63) is 69.7 Å². The Morgan fingerprint density at radius 3 is 2.43 bits per heavy atom. The third-order valence-electron chi connectivity index (χ3n) is 5.70. The molecule has 0 unspecified atom stereocenters. The standard InChI is InChI=1S/C23H24ClN3O3/c1-16-5-6-19-20(13-16)23(30)27(22(19)29)8-7-21(28)26-11-9-25(10-12-26)15-17-3-2-4-18(24)14-17/h2-6,13-14H,7-12,15H2,1H3. The van der Waals surface area contributed by atoms with Crippen LogP contribution in [0.2, 0.25) is 5.02 Å². The molecule has 0 radical (unpaired) electrons. The van der Waals surface area contributed by atoms with Crippen molar-refractivity contribution in [2.45, 2.75) is 19.9 Å². The van der Waals surface area contributed by atoms with Crippen LogP contribution in [0.15, 0.2) is 42.5 Å². The van der Waals surface area contributed by atoms with Crippen molar-refractivity contribution in [1.29, 1.82) is 0 Å². The second kappa shape index (κ2) is 8.58. The van der Waals surface area contributed by atoms with Crippen molar-refractivity contribution in [1.82, 2.24) is 14.7 Å². The van der Waals surface area contributed by atoms with Gasteiger partial charge in [0.15, 0.2) is 0 Å². The van der Waals surface area contributed by atoms with Crippen LogP contribution < -0.4 is 0 Å². The molecule has 30 heavy (non-hydrogen) atoms. The van der Waals surface area contributed by atoms with Gasteiger partial charge in [-0.25, -0.2) is 0 Å². The van der Waals surface area contributed by atoms with Gasteiger partial charge in [0.1, 0.15) is 0 Å². The molecule has 0 spiro atoms. The lowest BCUT2D eigenvalue weighted by molar-refractivity contribution is -0.133. The van der Waals surface area contributed by atoms with Gasteiger partial charge in [0.05, 0.1) is 11.1 Å². The third kappa shape index (κ3) is 4.25. The highest BCUT2D eigenvalue weighted by atomic mass is 35.5. The molecule has 2 aromatic carbocycles. The van der Waals surface area contributed by atoms with E-state index < -0.39 is 0 Å². The van der Waals surface area contributed by atoms with E-state index in [-0.39, 0.29) is 30.7 Å². The van der Waals surface area contributed by atoms with Crippen molar-refractivity contribution in [2.24, 2.45) is 0 Å². The van der Waals surface area contributed by atoms with E-state index in [4.69, 9.17) is 11.6 Å². The Labute approximate surface area is 181 Å². The Balaban J connectivity index is 1.27. The largest absolute Gasteiger partial charge is 0.340 e. The zero-order valence-corrected chi connectivity index (χ0v) is 17.7. The van der Waals surface area contributed by atoms with Crippen molar-refractivity contribution >= 4 is 29.3 Å². The van der Waals surface area contributed by atoms with Crippen LogP contribution in [0, 0.1) is 6.92 Å². The molecule has 2 aliphatic rings. The van der Waals surface area contributed by atoms with Gasteiger partial charge in [0.2, 0.25) is 5.91 Å². The lowest BCUT2D eigenvalue weighted by atomic mass is 10.1. The summed E-state index contributed by atoms with van der Waals surface area (Å²) in [4.78, 5) is 43.0. The number of imide groups is 1. The number of nitrogens with zero attached hydrogens (tertiary/aromatic N) is 3. The first kappa shape index (κ1) is 20.6. The zero-order valence-electron chi connectivity index (χ0n) is 16.9. The summed E-state index contributed by atoms with van der Waals surface area (Å²) >= 11 is 6.05. The average Bonchev–Trinajstić information content (AvgIpc) is 2.96. The van der Waals surface area contributed by atoms with Gasteiger partial charge in [0, 0.05) is 50.7 Å². The molecule has 3 amide bonds. The fraction of sp³-hybridized carbons (Fsp3) is 0.348. The quantitative estimate of drug-likeness (QED) is 0.691. The molecule has 0 aliphatic carbocycles. The lowest BCUT2D eigenvalue weighted by Gasteiger charge is -2.35. The number of hydrogen-bond acceptors (Lipinski definition) is 4. The van der Waals surface area contributed by atoms with Crippen molar-refractivity contribution < 1.29 is 14.4 Å². The summed E-state index contributed by atoms with van der Waals surface area (Å²) in [6.07, 6.45) is 0.152. The highest BCUT2D eigenvalue weighted by molar-refractivity contribution is 6.30. The summed E-state index contributed by atoms with van der Waals surface area (Å²) in [5, 5.41) is 0.727. The highest BCUT2D eigenvalue weighted by Crippen LogP contribution is 2.24. The molecular formula is C23H24ClN3O3. The zero-order chi connectivity index (χ0) is 21.3. The first-order valence-electron chi connectivity index (χ1n) is 10.1. The molecule has 7 heteroatoms. The number of halogens is 1. The Kier molecular flexibility index (Phi) is 5.88. The van der Waals surface area contributed by atoms with E-state index in [0.717, 1.165) is 35.8 Å². The fourth-order valence-electron chi connectivity index (χ4n) is 4.02. The number of hydrogen-bond donors (Lipinski definition) is 0. The minimum atomic E-state index is -0.311. The summed E-state index contributed by atoms with van der Waals surface area (Å²) in [6.45, 7) is 5.65. The first-order valence-corrected chi connectivity index (χ1v) is 10.5. The van der Waals surface area contributed by atoms with Crippen LogP contribution in [0.1, 0.15) is 38.3 Å². The number of benzene rings is 2. The molecule has 0 N–H and O–H groups in total. The van der Waals surface area contributed by atoms with E-state index in [0.29, 0.717) is 24.2 Å². The van der Waals surface area contributed by atoms with E-state index in [1.54, 1.807) is 12.1 Å². The van der Waals surface area contributed by atoms with Gasteiger partial charge in [-0.1, -0.05) is 35.4 Å². The Bertz CT molecular complexity index is 999. The average molecular weight is 426 g/mol. The summed E-state index contributed by atoms with van der Waals surface area (Å²) < 4.78 is 0. The molecule has 6 nitrogen and oxygen atoms in total. The van der Waals surface area contributed by atoms with Gasteiger partial charge >= 0.3 is 0 Å². The molecule has 0 atom stereocenters. The van der Waals surface area contributed by atoms with Gasteiger partial charge < -0.3 is 4.90 Å². The second-order valence-electron chi connectivity index (χ2n) is 7.85.